The molecule has 0 rings (SSSR count). The summed E-state index contributed by atoms with van der Waals surface area (Å²) in [7, 11) is -2.84. The lowest BCUT2D eigenvalue weighted by atomic mass is 10.4. The number of nitrogens with two attached hydrogens (primary N) is 2. The summed E-state index contributed by atoms with van der Waals surface area (Å²) in [6.45, 7) is 3.47. The van der Waals surface area contributed by atoms with E-state index in [4.69, 9.17) is 11.5 Å². The van der Waals surface area contributed by atoms with E-state index in [1.54, 1.807) is 0 Å². The number of hydrogen-bond donors (Lipinski definition) is 2. The number of hydrogen-bond acceptors (Lipinski definition) is 5. The van der Waals surface area contributed by atoms with Crippen molar-refractivity contribution in [3.63, 3.8) is 0 Å². The van der Waals surface area contributed by atoms with Crippen LogP contribution in [0.3, 0.4) is 0 Å². The van der Waals surface area contributed by atoms with Gasteiger partial charge in [0.15, 0.2) is 0 Å². The molecule has 86 valence electrons. The topological polar surface area (TPSA) is 89.4 Å². The van der Waals surface area contributed by atoms with E-state index in [1.807, 2.05) is 0 Å². The molecule has 0 aromatic heterocycles. The lowest BCUT2D eigenvalue weighted by Crippen LogP contribution is -2.35. The number of sulfone groups is 1. The van der Waals surface area contributed by atoms with E-state index in [-0.39, 0.29) is 5.75 Å². The second-order valence-electron chi connectivity index (χ2n) is 3.40. The van der Waals surface area contributed by atoms with Crippen LogP contribution >= 0.6 is 0 Å². The third kappa shape index (κ3) is 8.43. The van der Waals surface area contributed by atoms with Gasteiger partial charge in [0.05, 0.1) is 5.75 Å². The van der Waals surface area contributed by atoms with Crippen LogP contribution in [0.2, 0.25) is 0 Å². The van der Waals surface area contributed by atoms with Crippen LogP contribution in [-0.4, -0.2) is 58.1 Å². The first kappa shape index (κ1) is 13.8. The van der Waals surface area contributed by atoms with Crippen molar-refractivity contribution < 1.29 is 8.42 Å². The van der Waals surface area contributed by atoms with E-state index >= 15 is 0 Å². The van der Waals surface area contributed by atoms with Gasteiger partial charge in [-0.25, -0.2) is 8.42 Å². The molecule has 14 heavy (non-hydrogen) atoms. The van der Waals surface area contributed by atoms with Crippen molar-refractivity contribution >= 4 is 9.84 Å². The molecule has 4 N–H and O–H groups in total. The fourth-order valence-corrected chi connectivity index (χ4v) is 1.90. The number of rotatable bonds is 8. The van der Waals surface area contributed by atoms with Gasteiger partial charge >= 0.3 is 0 Å². The molecule has 0 aromatic rings. The van der Waals surface area contributed by atoms with E-state index in [0.29, 0.717) is 19.5 Å². The van der Waals surface area contributed by atoms with E-state index in [0.717, 1.165) is 19.6 Å². The third-order valence-corrected chi connectivity index (χ3v) is 2.91. The third-order valence-electron chi connectivity index (χ3n) is 1.88. The molecule has 0 aliphatic heterocycles. The molecule has 0 spiro atoms. The maximum atomic E-state index is 10.9. The van der Waals surface area contributed by atoms with E-state index in [2.05, 4.69) is 4.90 Å². The van der Waals surface area contributed by atoms with Crippen LogP contribution in [0, 0.1) is 0 Å². The van der Waals surface area contributed by atoms with E-state index < -0.39 is 9.84 Å². The Labute approximate surface area is 86.4 Å². The predicted octanol–water partition coefficient (Wildman–Crippen LogP) is -1.36. The number of nitrogens with zero attached hydrogens (tertiary/aromatic N) is 1. The first-order valence-electron chi connectivity index (χ1n) is 4.80. The minimum absolute atomic E-state index is 0.235. The molecule has 0 aliphatic rings. The molecule has 0 radical (unpaired) electrons. The molecule has 0 fully saturated rings. The van der Waals surface area contributed by atoms with Gasteiger partial charge in [0, 0.05) is 32.4 Å². The molecular formula is C8H21N3O2S. The van der Waals surface area contributed by atoms with Gasteiger partial charge in [-0.1, -0.05) is 0 Å². The van der Waals surface area contributed by atoms with E-state index in [1.165, 1.54) is 6.26 Å². The van der Waals surface area contributed by atoms with Gasteiger partial charge in [0.2, 0.25) is 0 Å². The van der Waals surface area contributed by atoms with Gasteiger partial charge < -0.3 is 16.4 Å². The maximum absolute atomic E-state index is 10.9. The SMILES string of the molecule is CS(=O)(=O)CCCN(CCN)CCN. The van der Waals surface area contributed by atoms with Gasteiger partial charge in [-0.15, -0.1) is 0 Å². The Morgan fingerprint density at radius 2 is 1.57 bits per heavy atom. The average Bonchev–Trinajstić information content (AvgIpc) is 2.02. The van der Waals surface area contributed by atoms with Crippen LogP contribution in [0.15, 0.2) is 0 Å². The Morgan fingerprint density at radius 1 is 1.07 bits per heavy atom. The molecule has 0 heterocycles. The summed E-state index contributed by atoms with van der Waals surface area (Å²) in [6.07, 6.45) is 1.90. The van der Waals surface area contributed by atoms with Gasteiger partial charge in [0.25, 0.3) is 0 Å². The lowest BCUT2D eigenvalue weighted by Gasteiger charge is -2.20. The van der Waals surface area contributed by atoms with Crippen molar-refractivity contribution in [3.8, 4) is 0 Å². The first-order valence-corrected chi connectivity index (χ1v) is 6.86. The van der Waals surface area contributed by atoms with Crippen molar-refractivity contribution in [1.29, 1.82) is 0 Å². The molecular weight excluding hydrogens is 202 g/mol. The quantitative estimate of drug-likeness (QED) is 0.530. The van der Waals surface area contributed by atoms with Gasteiger partial charge in [-0.05, 0) is 13.0 Å². The van der Waals surface area contributed by atoms with Crippen LogP contribution in [-0.2, 0) is 9.84 Å². The summed E-state index contributed by atoms with van der Waals surface area (Å²) in [5.41, 5.74) is 10.8. The maximum Gasteiger partial charge on any atom is 0.147 e. The first-order chi connectivity index (χ1) is 6.49. The smallest absolute Gasteiger partial charge is 0.147 e. The minimum Gasteiger partial charge on any atom is -0.329 e. The summed E-state index contributed by atoms with van der Waals surface area (Å²) in [5.74, 6) is 0.235. The van der Waals surface area contributed by atoms with Gasteiger partial charge in [-0.2, -0.15) is 0 Å². The Hall–Kier alpha value is -0.170. The van der Waals surface area contributed by atoms with Gasteiger partial charge in [0.1, 0.15) is 9.84 Å². The van der Waals surface area contributed by atoms with Crippen LogP contribution < -0.4 is 11.5 Å². The monoisotopic (exact) mass is 223 g/mol. The van der Waals surface area contributed by atoms with Crippen LogP contribution in [0.1, 0.15) is 6.42 Å². The molecule has 0 atom stereocenters. The molecule has 0 bridgehead atoms. The normalized spacial score (nSPS) is 12.3. The van der Waals surface area contributed by atoms with Crippen molar-refractivity contribution in [2.75, 3.05) is 44.7 Å². The zero-order valence-electron chi connectivity index (χ0n) is 8.78. The Morgan fingerprint density at radius 3 is 1.93 bits per heavy atom. The highest BCUT2D eigenvalue weighted by Crippen LogP contribution is 1.93. The van der Waals surface area contributed by atoms with E-state index in [9.17, 15) is 8.42 Å². The Bertz CT molecular complexity index is 223. The van der Waals surface area contributed by atoms with Crippen molar-refractivity contribution in [3.05, 3.63) is 0 Å². The second kappa shape index (κ2) is 7.17. The molecule has 0 saturated carbocycles. The second-order valence-corrected chi connectivity index (χ2v) is 5.66. The van der Waals surface area contributed by atoms with Crippen LogP contribution in [0.25, 0.3) is 0 Å². The summed E-state index contributed by atoms with van der Waals surface area (Å²) >= 11 is 0. The molecule has 6 heteroatoms. The summed E-state index contributed by atoms with van der Waals surface area (Å²) in [6, 6.07) is 0. The van der Waals surface area contributed by atoms with Gasteiger partial charge in [-0.3, -0.25) is 0 Å². The molecule has 0 amide bonds. The zero-order valence-corrected chi connectivity index (χ0v) is 9.59. The van der Waals surface area contributed by atoms with Crippen LogP contribution in [0.5, 0.6) is 0 Å². The zero-order chi connectivity index (χ0) is 11.0. The minimum atomic E-state index is -2.84. The highest BCUT2D eigenvalue weighted by atomic mass is 32.2. The molecule has 0 aliphatic carbocycles. The van der Waals surface area contributed by atoms with Crippen molar-refractivity contribution in [2.45, 2.75) is 6.42 Å². The standard InChI is InChI=1S/C8H21N3O2S/c1-14(12,13)8-2-5-11(6-3-9)7-4-10/h2-10H2,1H3. The summed E-state index contributed by atoms with van der Waals surface area (Å²) in [5, 5.41) is 0. The highest BCUT2D eigenvalue weighted by Gasteiger charge is 2.05. The average molecular weight is 223 g/mol. The van der Waals surface area contributed by atoms with Crippen molar-refractivity contribution in [1.82, 2.24) is 4.90 Å². The molecule has 0 saturated heterocycles. The molecule has 0 unspecified atom stereocenters. The Kier molecular flexibility index (Phi) is 7.08. The molecule has 5 nitrogen and oxygen atoms in total. The fourth-order valence-electron chi connectivity index (χ4n) is 1.25. The summed E-state index contributed by atoms with van der Waals surface area (Å²) in [4.78, 5) is 2.09. The Balaban J connectivity index is 3.70. The lowest BCUT2D eigenvalue weighted by molar-refractivity contribution is 0.290. The highest BCUT2D eigenvalue weighted by molar-refractivity contribution is 7.90. The molecule has 0 aromatic carbocycles. The van der Waals surface area contributed by atoms with Crippen molar-refractivity contribution in [2.24, 2.45) is 11.5 Å². The largest absolute Gasteiger partial charge is 0.329 e. The fraction of sp³-hybridized carbons (Fsp3) is 1.00. The summed E-state index contributed by atoms with van der Waals surface area (Å²) < 4.78 is 21.7. The van der Waals surface area contributed by atoms with Crippen LogP contribution in [0.4, 0.5) is 0 Å². The predicted molar refractivity (Wildman–Crippen MR) is 58.9 cm³/mol.